The average molecular weight is 288 g/mol. The van der Waals surface area contributed by atoms with E-state index in [1.165, 1.54) is 0 Å². The zero-order valence-electron chi connectivity index (χ0n) is 11.8. The molecule has 0 saturated heterocycles. The van der Waals surface area contributed by atoms with Gasteiger partial charge in [0.05, 0.1) is 13.2 Å². The molecule has 1 aromatic rings. The molecule has 0 aliphatic rings. The van der Waals surface area contributed by atoms with E-state index in [1.807, 2.05) is 13.8 Å². The normalized spacial score (nSPS) is 10.7. The van der Waals surface area contributed by atoms with Gasteiger partial charge in [-0.3, -0.25) is 0 Å². The summed E-state index contributed by atoms with van der Waals surface area (Å²) in [6.07, 6.45) is 1.68. The van der Waals surface area contributed by atoms with Gasteiger partial charge in [-0.2, -0.15) is 0 Å². The minimum Gasteiger partial charge on any atom is -0.382 e. The van der Waals surface area contributed by atoms with Crippen molar-refractivity contribution in [3.63, 3.8) is 0 Å². The van der Waals surface area contributed by atoms with Gasteiger partial charge < -0.3 is 14.8 Å². The Kier molecular flexibility index (Phi) is 7.70. The summed E-state index contributed by atoms with van der Waals surface area (Å²) in [4.78, 5) is 8.64. The Morgan fingerprint density at radius 1 is 1.21 bits per heavy atom. The van der Waals surface area contributed by atoms with Crippen LogP contribution in [0.5, 0.6) is 0 Å². The van der Waals surface area contributed by atoms with E-state index in [1.54, 1.807) is 7.11 Å². The smallest absolute Gasteiger partial charge is 0.137 e. The number of hydrogen-bond donors (Lipinski definition) is 1. The fourth-order valence-corrected chi connectivity index (χ4v) is 1.68. The third-order valence-electron chi connectivity index (χ3n) is 2.64. The first kappa shape index (κ1) is 16.1. The standard InChI is InChI=1S/C13H22ClN3O2/c1-4-11-16-12(14)10(2)13(17-11)15-6-5-7-19-9-8-18-3/h4-9H2,1-3H3,(H,15,16,17). The second-order valence-corrected chi connectivity index (χ2v) is 4.50. The number of methoxy groups -OCH3 is 1. The quantitative estimate of drug-likeness (QED) is 0.558. The molecule has 0 saturated carbocycles. The molecule has 5 nitrogen and oxygen atoms in total. The maximum absolute atomic E-state index is 6.07. The molecule has 0 amide bonds. The Bertz CT molecular complexity index is 388. The molecular weight excluding hydrogens is 266 g/mol. The predicted molar refractivity (Wildman–Crippen MR) is 77.0 cm³/mol. The Labute approximate surface area is 119 Å². The highest BCUT2D eigenvalue weighted by atomic mass is 35.5. The number of rotatable bonds is 9. The van der Waals surface area contributed by atoms with Crippen LogP contribution in [-0.2, 0) is 15.9 Å². The first-order valence-electron chi connectivity index (χ1n) is 6.52. The van der Waals surface area contributed by atoms with Crippen molar-refractivity contribution in [2.75, 3.05) is 38.8 Å². The van der Waals surface area contributed by atoms with Crippen molar-refractivity contribution in [2.24, 2.45) is 0 Å². The number of halogens is 1. The Hall–Kier alpha value is -0.910. The third kappa shape index (κ3) is 5.72. The number of nitrogens with zero attached hydrogens (tertiary/aromatic N) is 2. The summed E-state index contributed by atoms with van der Waals surface area (Å²) in [5.41, 5.74) is 0.888. The Balaban J connectivity index is 2.34. The first-order valence-corrected chi connectivity index (χ1v) is 6.90. The lowest BCUT2D eigenvalue weighted by molar-refractivity contribution is 0.0705. The molecule has 0 radical (unpaired) electrons. The summed E-state index contributed by atoms with van der Waals surface area (Å²) >= 11 is 6.07. The van der Waals surface area contributed by atoms with E-state index in [-0.39, 0.29) is 0 Å². The molecule has 0 fully saturated rings. The van der Waals surface area contributed by atoms with Crippen LogP contribution in [0.15, 0.2) is 0 Å². The van der Waals surface area contributed by atoms with E-state index < -0.39 is 0 Å². The fraction of sp³-hybridized carbons (Fsp3) is 0.692. The van der Waals surface area contributed by atoms with Crippen LogP contribution in [0, 0.1) is 6.92 Å². The Morgan fingerprint density at radius 2 is 2.00 bits per heavy atom. The van der Waals surface area contributed by atoms with Crippen molar-refractivity contribution in [3.05, 3.63) is 16.5 Å². The van der Waals surface area contributed by atoms with Crippen LogP contribution >= 0.6 is 11.6 Å². The maximum Gasteiger partial charge on any atom is 0.137 e. The molecule has 19 heavy (non-hydrogen) atoms. The number of hydrogen-bond acceptors (Lipinski definition) is 5. The molecule has 0 atom stereocenters. The molecular formula is C13H22ClN3O2. The lowest BCUT2D eigenvalue weighted by Crippen LogP contribution is -2.11. The average Bonchev–Trinajstić information content (AvgIpc) is 2.42. The SMILES string of the molecule is CCc1nc(Cl)c(C)c(NCCCOCCOC)n1. The number of ether oxygens (including phenoxy) is 2. The van der Waals surface area contributed by atoms with Gasteiger partial charge in [-0.1, -0.05) is 18.5 Å². The van der Waals surface area contributed by atoms with Crippen LogP contribution in [-0.4, -0.2) is 43.4 Å². The summed E-state index contributed by atoms with van der Waals surface area (Å²) in [7, 11) is 1.66. The predicted octanol–water partition coefficient (Wildman–Crippen LogP) is 2.47. The second-order valence-electron chi connectivity index (χ2n) is 4.14. The van der Waals surface area contributed by atoms with E-state index in [2.05, 4.69) is 15.3 Å². The van der Waals surface area contributed by atoms with Crippen LogP contribution in [0.2, 0.25) is 5.15 Å². The molecule has 0 bridgehead atoms. The highest BCUT2D eigenvalue weighted by Gasteiger charge is 2.07. The van der Waals surface area contributed by atoms with Gasteiger partial charge in [-0.05, 0) is 13.3 Å². The van der Waals surface area contributed by atoms with Gasteiger partial charge in [-0.15, -0.1) is 0 Å². The maximum atomic E-state index is 6.07. The van der Waals surface area contributed by atoms with Crippen molar-refractivity contribution < 1.29 is 9.47 Å². The van der Waals surface area contributed by atoms with Gasteiger partial charge in [0.1, 0.15) is 16.8 Å². The third-order valence-corrected chi connectivity index (χ3v) is 3.01. The second kappa shape index (κ2) is 9.07. The number of anilines is 1. The van der Waals surface area contributed by atoms with Crippen LogP contribution in [0.3, 0.4) is 0 Å². The van der Waals surface area contributed by atoms with Crippen molar-refractivity contribution in [1.29, 1.82) is 0 Å². The van der Waals surface area contributed by atoms with Gasteiger partial charge in [0.15, 0.2) is 0 Å². The molecule has 0 aliphatic carbocycles. The highest BCUT2D eigenvalue weighted by Crippen LogP contribution is 2.19. The van der Waals surface area contributed by atoms with Gasteiger partial charge >= 0.3 is 0 Å². The fourth-order valence-electron chi connectivity index (χ4n) is 1.49. The monoisotopic (exact) mass is 287 g/mol. The zero-order valence-corrected chi connectivity index (χ0v) is 12.6. The summed E-state index contributed by atoms with van der Waals surface area (Å²) in [5, 5.41) is 3.79. The van der Waals surface area contributed by atoms with E-state index in [9.17, 15) is 0 Å². The molecule has 0 aliphatic heterocycles. The molecule has 108 valence electrons. The van der Waals surface area contributed by atoms with Crippen LogP contribution < -0.4 is 5.32 Å². The number of nitrogens with one attached hydrogen (secondary N) is 1. The molecule has 1 heterocycles. The van der Waals surface area contributed by atoms with E-state index in [0.717, 1.165) is 36.6 Å². The Morgan fingerprint density at radius 3 is 2.68 bits per heavy atom. The number of aryl methyl sites for hydroxylation is 1. The van der Waals surface area contributed by atoms with E-state index in [0.29, 0.717) is 25.0 Å². The van der Waals surface area contributed by atoms with Crippen molar-refractivity contribution in [3.8, 4) is 0 Å². The van der Waals surface area contributed by atoms with Crippen molar-refractivity contribution in [1.82, 2.24) is 9.97 Å². The topological polar surface area (TPSA) is 56.3 Å². The molecule has 1 N–H and O–H groups in total. The van der Waals surface area contributed by atoms with Crippen molar-refractivity contribution >= 4 is 17.4 Å². The lowest BCUT2D eigenvalue weighted by Gasteiger charge is -2.11. The molecule has 6 heteroatoms. The summed E-state index contributed by atoms with van der Waals surface area (Å²) in [6, 6.07) is 0. The minimum atomic E-state index is 0.519. The first-order chi connectivity index (χ1) is 9.19. The largest absolute Gasteiger partial charge is 0.382 e. The van der Waals surface area contributed by atoms with Crippen LogP contribution in [0.4, 0.5) is 5.82 Å². The molecule has 1 rings (SSSR count). The van der Waals surface area contributed by atoms with Crippen LogP contribution in [0.25, 0.3) is 0 Å². The van der Waals surface area contributed by atoms with E-state index >= 15 is 0 Å². The van der Waals surface area contributed by atoms with Crippen molar-refractivity contribution in [2.45, 2.75) is 26.7 Å². The summed E-state index contributed by atoms with van der Waals surface area (Å²) < 4.78 is 10.3. The highest BCUT2D eigenvalue weighted by molar-refractivity contribution is 6.30. The van der Waals surface area contributed by atoms with Gasteiger partial charge in [0, 0.05) is 32.2 Å². The van der Waals surface area contributed by atoms with Gasteiger partial charge in [-0.25, -0.2) is 9.97 Å². The lowest BCUT2D eigenvalue weighted by atomic mass is 10.3. The van der Waals surface area contributed by atoms with Crippen LogP contribution in [0.1, 0.15) is 24.7 Å². The molecule has 0 spiro atoms. The summed E-state index contributed by atoms with van der Waals surface area (Å²) in [6.45, 7) is 6.69. The minimum absolute atomic E-state index is 0.519. The van der Waals surface area contributed by atoms with Gasteiger partial charge in [0.2, 0.25) is 0 Å². The van der Waals surface area contributed by atoms with E-state index in [4.69, 9.17) is 21.1 Å². The summed E-state index contributed by atoms with van der Waals surface area (Å²) in [5.74, 6) is 1.57. The number of aromatic nitrogens is 2. The molecule has 0 aromatic carbocycles. The van der Waals surface area contributed by atoms with Gasteiger partial charge in [0.25, 0.3) is 0 Å². The molecule has 0 unspecified atom stereocenters. The molecule has 1 aromatic heterocycles. The zero-order chi connectivity index (χ0) is 14.1.